The Morgan fingerprint density at radius 1 is 0.857 bits per heavy atom. The molecule has 7 aliphatic rings. The Kier molecular flexibility index (Phi) is 0.723. The second-order valence-electron chi connectivity index (χ2n) is 6.03. The molecule has 3 heteroatoms. The lowest BCUT2D eigenvalue weighted by Crippen LogP contribution is -2.90. The van der Waals surface area contributed by atoms with Crippen molar-refractivity contribution in [2.24, 2.45) is 41.4 Å². The van der Waals surface area contributed by atoms with Gasteiger partial charge in [-0.25, -0.2) is 0 Å². The molecule has 1 spiro atoms. The second-order valence-corrected chi connectivity index (χ2v) is 7.40. The highest BCUT2D eigenvalue weighted by atomic mass is 79.9. The van der Waals surface area contributed by atoms with Crippen molar-refractivity contribution < 1.29 is 9.47 Å². The van der Waals surface area contributed by atoms with Gasteiger partial charge in [0.1, 0.15) is 0 Å². The van der Waals surface area contributed by atoms with E-state index in [2.05, 4.69) is 15.9 Å². The molecule has 2 nitrogen and oxygen atoms in total. The Bertz CT molecular complexity index is 369. The van der Waals surface area contributed by atoms with E-state index in [0.717, 1.165) is 54.6 Å². The summed E-state index contributed by atoms with van der Waals surface area (Å²) in [4.78, 5) is 0. The molecule has 7 rings (SSSR count). The zero-order valence-electron chi connectivity index (χ0n) is 7.65. The lowest BCUT2D eigenvalue weighted by Gasteiger charge is -2.88. The Labute approximate surface area is 90.4 Å². The van der Waals surface area contributed by atoms with E-state index in [-0.39, 0.29) is 5.79 Å². The molecule has 2 bridgehead atoms. The third-order valence-electron chi connectivity index (χ3n) is 6.46. The molecule has 0 aromatic rings. The predicted molar refractivity (Wildman–Crippen MR) is 50.7 cm³/mol. The summed E-state index contributed by atoms with van der Waals surface area (Å²) in [6.07, 6.45) is 0. The van der Waals surface area contributed by atoms with Crippen LogP contribution in [0, 0.1) is 41.4 Å². The van der Waals surface area contributed by atoms with Gasteiger partial charge in [0.15, 0.2) is 5.79 Å². The number of rotatable bonds is 0. The van der Waals surface area contributed by atoms with Gasteiger partial charge < -0.3 is 9.47 Å². The minimum Gasteiger partial charge on any atom is -0.347 e. The van der Waals surface area contributed by atoms with E-state index in [1.165, 1.54) is 0 Å². The molecule has 14 heavy (non-hydrogen) atoms. The summed E-state index contributed by atoms with van der Waals surface area (Å²) in [7, 11) is 0. The first kappa shape index (κ1) is 6.87. The Morgan fingerprint density at radius 2 is 1.50 bits per heavy atom. The van der Waals surface area contributed by atoms with Gasteiger partial charge in [0.25, 0.3) is 0 Å². The van der Waals surface area contributed by atoms with Gasteiger partial charge in [0.2, 0.25) is 0 Å². The highest BCUT2D eigenvalue weighted by Crippen LogP contribution is 3.00. The Balaban J connectivity index is 1.62. The maximum Gasteiger partial charge on any atom is 0.175 e. The van der Waals surface area contributed by atoms with Crippen LogP contribution in [0.25, 0.3) is 0 Å². The highest BCUT2D eigenvalue weighted by molar-refractivity contribution is 9.10. The smallest absolute Gasteiger partial charge is 0.175 e. The zero-order valence-corrected chi connectivity index (χ0v) is 9.24. The second kappa shape index (κ2) is 1.47. The molecular formula is C11H11BrO2. The molecule has 1 saturated heterocycles. The van der Waals surface area contributed by atoms with Crippen LogP contribution in [0.3, 0.4) is 0 Å². The zero-order chi connectivity index (χ0) is 8.87. The third kappa shape index (κ3) is 0.316. The topological polar surface area (TPSA) is 18.5 Å². The number of alkyl halides is 1. The standard InChI is InChI=1S/C11H11BrO2/c12-10-5-3-6-4(5)8(10)9(7(3)10)11(6)13-1-2-14-11/h3-9H,1-2H2/t3-,4-,5?,6?,7-,8-,9?,10?/m1/s1. The summed E-state index contributed by atoms with van der Waals surface area (Å²) >= 11 is 3.99. The average molecular weight is 255 g/mol. The van der Waals surface area contributed by atoms with Gasteiger partial charge in [-0.2, -0.15) is 0 Å². The van der Waals surface area contributed by atoms with E-state index in [1.54, 1.807) is 0 Å². The van der Waals surface area contributed by atoms with E-state index in [4.69, 9.17) is 9.47 Å². The number of halogens is 1. The fourth-order valence-corrected chi connectivity index (χ4v) is 8.33. The van der Waals surface area contributed by atoms with Crippen LogP contribution in [0.5, 0.6) is 0 Å². The summed E-state index contributed by atoms with van der Waals surface area (Å²) in [5.41, 5.74) is 0. The maximum atomic E-state index is 6.01. The molecule has 6 saturated carbocycles. The predicted octanol–water partition coefficient (Wildman–Crippen LogP) is 1.24. The van der Waals surface area contributed by atoms with Crippen LogP contribution in [0.4, 0.5) is 0 Å². The molecular weight excluding hydrogens is 244 g/mol. The number of hydrogen-bond acceptors (Lipinski definition) is 2. The molecule has 0 aromatic heterocycles. The van der Waals surface area contributed by atoms with Crippen molar-refractivity contribution in [1.82, 2.24) is 0 Å². The SMILES string of the molecule is BrC12C3[C@@H]4C5[C@@H]3[C@@H]1C([C@@H]42)C51OCCO1. The van der Waals surface area contributed by atoms with Crippen molar-refractivity contribution in [2.45, 2.75) is 10.1 Å². The molecule has 4 atom stereocenters. The monoisotopic (exact) mass is 254 g/mol. The average Bonchev–Trinajstić information content (AvgIpc) is 2.71. The van der Waals surface area contributed by atoms with E-state index in [0.29, 0.717) is 4.32 Å². The van der Waals surface area contributed by atoms with Crippen LogP contribution < -0.4 is 0 Å². The van der Waals surface area contributed by atoms with Gasteiger partial charge in [-0.05, 0) is 29.6 Å². The van der Waals surface area contributed by atoms with Crippen molar-refractivity contribution in [3.63, 3.8) is 0 Å². The van der Waals surface area contributed by atoms with Gasteiger partial charge >= 0.3 is 0 Å². The maximum absolute atomic E-state index is 6.01. The molecule has 6 aliphatic carbocycles. The summed E-state index contributed by atoms with van der Waals surface area (Å²) in [6.45, 7) is 1.68. The van der Waals surface area contributed by atoms with Crippen molar-refractivity contribution >= 4 is 15.9 Å². The largest absolute Gasteiger partial charge is 0.347 e. The van der Waals surface area contributed by atoms with E-state index in [9.17, 15) is 0 Å². The summed E-state index contributed by atoms with van der Waals surface area (Å²) in [5.74, 6) is 6.32. The fraction of sp³-hybridized carbons (Fsp3) is 1.00. The molecule has 74 valence electrons. The first-order chi connectivity index (χ1) is 6.82. The van der Waals surface area contributed by atoms with Gasteiger partial charge in [-0.3, -0.25) is 0 Å². The van der Waals surface area contributed by atoms with E-state index in [1.807, 2.05) is 0 Å². The van der Waals surface area contributed by atoms with Crippen LogP contribution in [-0.2, 0) is 9.47 Å². The first-order valence-electron chi connectivity index (χ1n) is 5.78. The van der Waals surface area contributed by atoms with Gasteiger partial charge in [0.05, 0.1) is 13.2 Å². The van der Waals surface area contributed by atoms with Crippen molar-refractivity contribution in [2.75, 3.05) is 13.2 Å². The molecule has 0 N–H and O–H groups in total. The Hall–Kier alpha value is 0.400. The molecule has 0 unspecified atom stereocenters. The molecule has 0 amide bonds. The van der Waals surface area contributed by atoms with Crippen LogP contribution in [-0.4, -0.2) is 23.3 Å². The minimum absolute atomic E-state index is 0.0745. The summed E-state index contributed by atoms with van der Waals surface area (Å²) < 4.78 is 12.6. The molecule has 0 aromatic carbocycles. The minimum atomic E-state index is -0.0745. The van der Waals surface area contributed by atoms with Crippen LogP contribution in [0.1, 0.15) is 0 Å². The van der Waals surface area contributed by atoms with Crippen molar-refractivity contribution in [1.29, 1.82) is 0 Å². The van der Waals surface area contributed by atoms with Gasteiger partial charge in [-0.1, -0.05) is 15.9 Å². The van der Waals surface area contributed by atoms with Gasteiger partial charge in [-0.15, -0.1) is 0 Å². The van der Waals surface area contributed by atoms with Crippen LogP contribution in [0.15, 0.2) is 0 Å². The van der Waals surface area contributed by atoms with Crippen LogP contribution in [0.2, 0.25) is 0 Å². The molecule has 1 heterocycles. The number of ether oxygens (including phenoxy) is 2. The fourth-order valence-electron chi connectivity index (χ4n) is 6.54. The number of hydrogen-bond donors (Lipinski definition) is 0. The quantitative estimate of drug-likeness (QED) is 0.606. The van der Waals surface area contributed by atoms with Crippen molar-refractivity contribution in [3.05, 3.63) is 0 Å². The van der Waals surface area contributed by atoms with Crippen molar-refractivity contribution in [3.8, 4) is 0 Å². The molecule has 7 fully saturated rings. The van der Waals surface area contributed by atoms with Gasteiger partial charge in [0, 0.05) is 16.2 Å². The highest BCUT2D eigenvalue weighted by Gasteiger charge is 3.03. The molecule has 1 aliphatic heterocycles. The summed E-state index contributed by atoms with van der Waals surface area (Å²) in [6, 6.07) is 0. The molecule has 0 radical (unpaired) electrons. The lowest BCUT2D eigenvalue weighted by atomic mass is 9.20. The first-order valence-corrected chi connectivity index (χ1v) is 6.58. The van der Waals surface area contributed by atoms with E-state index < -0.39 is 0 Å². The normalized spacial score (nSPS) is 81.6. The third-order valence-corrected chi connectivity index (χ3v) is 8.05. The summed E-state index contributed by atoms with van der Waals surface area (Å²) in [5, 5.41) is 0. The lowest BCUT2D eigenvalue weighted by molar-refractivity contribution is -0.349. The Morgan fingerprint density at radius 3 is 2.07 bits per heavy atom. The van der Waals surface area contributed by atoms with E-state index >= 15 is 0 Å². The van der Waals surface area contributed by atoms with Crippen LogP contribution >= 0.6 is 15.9 Å².